The van der Waals surface area contributed by atoms with E-state index in [9.17, 15) is 9.59 Å². The van der Waals surface area contributed by atoms with Gasteiger partial charge in [-0.3, -0.25) is 9.59 Å². The van der Waals surface area contributed by atoms with Gasteiger partial charge in [-0.05, 0) is 30.3 Å². The summed E-state index contributed by atoms with van der Waals surface area (Å²) in [4.78, 5) is 23.6. The molecule has 0 atom stereocenters. The molecule has 0 radical (unpaired) electrons. The van der Waals surface area contributed by atoms with Crippen LogP contribution in [0.1, 0.15) is 12.0 Å². The fraction of sp³-hybridized carbons (Fsp3) is 0.167. The van der Waals surface area contributed by atoms with Gasteiger partial charge in [0.2, 0.25) is 11.8 Å². The van der Waals surface area contributed by atoms with E-state index in [1.807, 2.05) is 0 Å². The first kappa shape index (κ1) is 19.3. The molecule has 2 N–H and O–H groups in total. The molecular formula is C18H18ClN3O4. The van der Waals surface area contributed by atoms with Gasteiger partial charge in [-0.15, -0.1) is 0 Å². The fourth-order valence-corrected chi connectivity index (χ4v) is 2.25. The summed E-state index contributed by atoms with van der Waals surface area (Å²) < 4.78 is 10.3. The first-order valence-electron chi connectivity index (χ1n) is 7.61. The highest BCUT2D eigenvalue weighted by Crippen LogP contribution is 2.23. The van der Waals surface area contributed by atoms with Gasteiger partial charge in [0.1, 0.15) is 17.9 Å². The van der Waals surface area contributed by atoms with Crippen molar-refractivity contribution in [3.8, 4) is 11.5 Å². The topological polar surface area (TPSA) is 89.0 Å². The number of hydrazone groups is 1. The van der Waals surface area contributed by atoms with Crippen molar-refractivity contribution in [1.82, 2.24) is 5.43 Å². The maximum Gasteiger partial charge on any atom is 0.249 e. The minimum Gasteiger partial charge on any atom is -0.497 e. The Hall–Kier alpha value is -3.06. The van der Waals surface area contributed by atoms with Crippen LogP contribution >= 0.6 is 11.6 Å². The number of benzene rings is 2. The number of carbonyl (C=O) groups excluding carboxylic acids is 2. The lowest BCUT2D eigenvalue weighted by atomic mass is 10.2. The van der Waals surface area contributed by atoms with E-state index >= 15 is 0 Å². The van der Waals surface area contributed by atoms with Crippen LogP contribution in [0.2, 0.25) is 5.02 Å². The van der Waals surface area contributed by atoms with Gasteiger partial charge in [0.25, 0.3) is 0 Å². The van der Waals surface area contributed by atoms with Crippen LogP contribution in [0.15, 0.2) is 47.6 Å². The Kier molecular flexibility index (Phi) is 6.99. The van der Waals surface area contributed by atoms with Crippen LogP contribution in [-0.2, 0) is 9.59 Å². The summed E-state index contributed by atoms with van der Waals surface area (Å²) in [6.07, 6.45) is 1.05. The summed E-state index contributed by atoms with van der Waals surface area (Å²) in [7, 11) is 3.07. The van der Waals surface area contributed by atoms with Crippen LogP contribution in [0.4, 0.5) is 5.69 Å². The highest BCUT2D eigenvalue weighted by molar-refractivity contribution is 6.30. The van der Waals surface area contributed by atoms with Crippen molar-refractivity contribution in [2.75, 3.05) is 19.5 Å². The standard InChI is InChI=1S/C18H18ClN3O4/c1-25-15-7-6-12(16(9-15)26-2)11-20-22-18(24)10-17(23)21-14-5-3-4-13(19)8-14/h3-9,11H,10H2,1-2H3,(H,21,23)(H,22,24)/b20-11+. The molecule has 0 spiro atoms. The van der Waals surface area contributed by atoms with Crippen molar-refractivity contribution in [2.24, 2.45) is 5.10 Å². The van der Waals surface area contributed by atoms with Crippen molar-refractivity contribution >= 4 is 35.3 Å². The molecule has 26 heavy (non-hydrogen) atoms. The number of hydrogen-bond acceptors (Lipinski definition) is 5. The number of anilines is 1. The van der Waals surface area contributed by atoms with Gasteiger partial charge in [-0.25, -0.2) is 5.43 Å². The Morgan fingerprint density at radius 3 is 2.62 bits per heavy atom. The molecule has 0 bridgehead atoms. The van der Waals surface area contributed by atoms with E-state index < -0.39 is 11.8 Å². The summed E-state index contributed by atoms with van der Waals surface area (Å²) in [6.45, 7) is 0. The summed E-state index contributed by atoms with van der Waals surface area (Å²) in [5.41, 5.74) is 3.46. The zero-order valence-electron chi connectivity index (χ0n) is 14.3. The molecule has 0 aromatic heterocycles. The normalized spacial score (nSPS) is 10.4. The van der Waals surface area contributed by atoms with Gasteiger partial charge in [0.05, 0.1) is 20.4 Å². The third-order valence-corrected chi connectivity index (χ3v) is 3.50. The highest BCUT2D eigenvalue weighted by atomic mass is 35.5. The van der Waals surface area contributed by atoms with Crippen LogP contribution < -0.4 is 20.2 Å². The zero-order chi connectivity index (χ0) is 18.9. The smallest absolute Gasteiger partial charge is 0.249 e. The van der Waals surface area contributed by atoms with Crippen molar-refractivity contribution in [2.45, 2.75) is 6.42 Å². The van der Waals surface area contributed by atoms with E-state index in [0.717, 1.165) is 0 Å². The van der Waals surface area contributed by atoms with Gasteiger partial charge >= 0.3 is 0 Å². The minimum atomic E-state index is -0.548. The number of rotatable bonds is 7. The second-order valence-corrected chi connectivity index (χ2v) is 5.57. The second kappa shape index (κ2) is 9.43. The van der Waals surface area contributed by atoms with Crippen LogP contribution in [0, 0.1) is 0 Å². The number of amides is 2. The summed E-state index contributed by atoms with van der Waals surface area (Å²) in [5, 5.41) is 6.91. The molecule has 0 aliphatic rings. The quantitative estimate of drug-likeness (QED) is 0.442. The van der Waals surface area contributed by atoms with Crippen molar-refractivity contribution < 1.29 is 19.1 Å². The molecule has 8 heteroatoms. The maximum atomic E-state index is 11.8. The lowest BCUT2D eigenvalue weighted by molar-refractivity contribution is -0.126. The van der Waals surface area contributed by atoms with Crippen LogP contribution in [0.5, 0.6) is 11.5 Å². The van der Waals surface area contributed by atoms with Gasteiger partial charge in [-0.2, -0.15) is 5.10 Å². The Bertz CT molecular complexity index is 824. The molecule has 0 unspecified atom stereocenters. The first-order chi connectivity index (χ1) is 12.5. The molecule has 0 saturated heterocycles. The molecule has 0 aliphatic heterocycles. The van der Waals surface area contributed by atoms with Crippen molar-refractivity contribution in [1.29, 1.82) is 0 Å². The number of methoxy groups -OCH3 is 2. The molecule has 0 fully saturated rings. The summed E-state index contributed by atoms with van der Waals surface area (Å²) in [6, 6.07) is 11.8. The van der Waals surface area contributed by atoms with E-state index in [0.29, 0.717) is 27.8 Å². The maximum absolute atomic E-state index is 11.8. The van der Waals surface area contributed by atoms with Gasteiger partial charge in [-0.1, -0.05) is 17.7 Å². The van der Waals surface area contributed by atoms with Crippen LogP contribution in [0.25, 0.3) is 0 Å². The molecule has 7 nitrogen and oxygen atoms in total. The van der Waals surface area contributed by atoms with E-state index in [4.69, 9.17) is 21.1 Å². The molecule has 0 heterocycles. The van der Waals surface area contributed by atoms with E-state index in [2.05, 4.69) is 15.8 Å². The van der Waals surface area contributed by atoms with Gasteiger partial charge in [0.15, 0.2) is 0 Å². The van der Waals surface area contributed by atoms with E-state index in [1.54, 1.807) is 49.6 Å². The zero-order valence-corrected chi connectivity index (χ0v) is 15.0. The third-order valence-electron chi connectivity index (χ3n) is 3.26. The minimum absolute atomic E-state index is 0.371. The predicted octanol–water partition coefficient (Wildman–Crippen LogP) is 2.84. The van der Waals surface area contributed by atoms with E-state index in [1.165, 1.54) is 13.3 Å². The van der Waals surface area contributed by atoms with Crippen LogP contribution in [-0.4, -0.2) is 32.2 Å². The lowest BCUT2D eigenvalue weighted by Gasteiger charge is -2.07. The molecule has 2 aromatic carbocycles. The fourth-order valence-electron chi connectivity index (χ4n) is 2.06. The largest absolute Gasteiger partial charge is 0.497 e. The third kappa shape index (κ3) is 5.78. The van der Waals surface area contributed by atoms with Gasteiger partial charge < -0.3 is 14.8 Å². The molecule has 136 valence electrons. The Morgan fingerprint density at radius 2 is 1.92 bits per heavy atom. The van der Waals surface area contributed by atoms with Crippen molar-refractivity contribution in [3.63, 3.8) is 0 Å². The Balaban J connectivity index is 1.88. The lowest BCUT2D eigenvalue weighted by Crippen LogP contribution is -2.24. The molecule has 0 aliphatic carbocycles. The number of nitrogens with zero attached hydrogens (tertiary/aromatic N) is 1. The number of carbonyl (C=O) groups is 2. The average molecular weight is 376 g/mol. The first-order valence-corrected chi connectivity index (χ1v) is 7.99. The molecular weight excluding hydrogens is 358 g/mol. The average Bonchev–Trinajstić information content (AvgIpc) is 2.61. The Morgan fingerprint density at radius 1 is 1.12 bits per heavy atom. The summed E-state index contributed by atoms with van der Waals surface area (Å²) >= 11 is 5.84. The van der Waals surface area contributed by atoms with Crippen LogP contribution in [0.3, 0.4) is 0 Å². The van der Waals surface area contributed by atoms with Crippen molar-refractivity contribution in [3.05, 3.63) is 53.1 Å². The number of nitrogens with one attached hydrogen (secondary N) is 2. The highest BCUT2D eigenvalue weighted by Gasteiger charge is 2.09. The van der Waals surface area contributed by atoms with E-state index in [-0.39, 0.29) is 6.42 Å². The SMILES string of the molecule is COc1ccc(/C=N/NC(=O)CC(=O)Nc2cccc(Cl)c2)c(OC)c1. The molecule has 2 amide bonds. The van der Waals surface area contributed by atoms with Gasteiger partial charge in [0, 0.05) is 22.3 Å². The molecule has 2 aromatic rings. The molecule has 0 saturated carbocycles. The number of ether oxygens (including phenoxy) is 2. The number of halogens is 1. The second-order valence-electron chi connectivity index (χ2n) is 5.14. The monoisotopic (exact) mass is 375 g/mol. The summed E-state index contributed by atoms with van der Waals surface area (Å²) in [5.74, 6) is 0.164. The molecule has 2 rings (SSSR count). The number of hydrogen-bond donors (Lipinski definition) is 2. The Labute approximate surface area is 155 Å². The predicted molar refractivity (Wildman–Crippen MR) is 100.0 cm³/mol.